The van der Waals surface area contributed by atoms with E-state index in [9.17, 15) is 9.90 Å². The Balaban J connectivity index is 1.83. The number of methoxy groups -OCH3 is 1. The van der Waals surface area contributed by atoms with Crippen molar-refractivity contribution in [3.8, 4) is 17.0 Å². The normalized spacial score (nSPS) is 15.1. The lowest BCUT2D eigenvalue weighted by Crippen LogP contribution is -2.42. The second-order valence-corrected chi connectivity index (χ2v) is 6.00. The summed E-state index contributed by atoms with van der Waals surface area (Å²) in [6.45, 7) is 1.50. The van der Waals surface area contributed by atoms with Crippen LogP contribution in [0.15, 0.2) is 24.3 Å². The number of carboxylic acid groups (broad SMARTS) is 1. The summed E-state index contributed by atoms with van der Waals surface area (Å²) in [6.07, 6.45) is 0.514. The van der Waals surface area contributed by atoms with Gasteiger partial charge in [0.1, 0.15) is 11.6 Å². The van der Waals surface area contributed by atoms with E-state index in [1.54, 1.807) is 13.2 Å². The van der Waals surface area contributed by atoms with Gasteiger partial charge in [-0.2, -0.15) is 5.10 Å². The van der Waals surface area contributed by atoms with Gasteiger partial charge in [0.05, 0.1) is 12.8 Å². The maximum atomic E-state index is 11.7. The SMILES string of the molecule is COc1cc(CN(C(=O)O)C2CCOCC2)ccc1-c1cc(N)n[nH]1. The van der Waals surface area contributed by atoms with Crippen LogP contribution in [0, 0.1) is 0 Å². The van der Waals surface area contributed by atoms with E-state index in [0.717, 1.165) is 29.7 Å². The Bertz CT molecular complexity index is 740. The molecular formula is C17H22N4O4. The summed E-state index contributed by atoms with van der Waals surface area (Å²) >= 11 is 0. The average molecular weight is 346 g/mol. The van der Waals surface area contributed by atoms with Gasteiger partial charge in [0.25, 0.3) is 0 Å². The highest BCUT2D eigenvalue weighted by molar-refractivity contribution is 5.70. The molecule has 0 aliphatic carbocycles. The fraction of sp³-hybridized carbons (Fsp3) is 0.412. The van der Waals surface area contributed by atoms with E-state index in [0.29, 0.717) is 31.3 Å². The van der Waals surface area contributed by atoms with Crippen molar-refractivity contribution in [3.05, 3.63) is 29.8 Å². The van der Waals surface area contributed by atoms with E-state index in [1.807, 2.05) is 18.2 Å². The van der Waals surface area contributed by atoms with Crippen LogP contribution in [-0.4, -0.2) is 52.7 Å². The Hall–Kier alpha value is -2.74. The van der Waals surface area contributed by atoms with Crippen LogP contribution < -0.4 is 10.5 Å². The second kappa shape index (κ2) is 7.43. The minimum Gasteiger partial charge on any atom is -0.496 e. The number of ether oxygens (including phenoxy) is 2. The Morgan fingerprint density at radius 3 is 2.80 bits per heavy atom. The van der Waals surface area contributed by atoms with Gasteiger partial charge in [0, 0.05) is 37.4 Å². The number of hydrogen-bond donors (Lipinski definition) is 3. The highest BCUT2D eigenvalue weighted by Crippen LogP contribution is 2.31. The first kappa shape index (κ1) is 17.1. The third-order valence-corrected chi connectivity index (χ3v) is 4.38. The van der Waals surface area contributed by atoms with Crippen molar-refractivity contribution < 1.29 is 19.4 Å². The number of aromatic amines is 1. The molecule has 8 nitrogen and oxygen atoms in total. The summed E-state index contributed by atoms with van der Waals surface area (Å²) in [4.78, 5) is 13.2. The molecule has 4 N–H and O–H groups in total. The molecule has 0 radical (unpaired) electrons. The first-order chi connectivity index (χ1) is 12.1. The molecule has 25 heavy (non-hydrogen) atoms. The van der Waals surface area contributed by atoms with E-state index in [2.05, 4.69) is 10.2 Å². The number of H-pyrrole nitrogens is 1. The lowest BCUT2D eigenvalue weighted by Gasteiger charge is -2.32. The minimum atomic E-state index is -0.920. The Kier molecular flexibility index (Phi) is 5.08. The summed E-state index contributed by atoms with van der Waals surface area (Å²) in [6, 6.07) is 7.32. The van der Waals surface area contributed by atoms with Gasteiger partial charge in [-0.05, 0) is 30.5 Å². The molecule has 1 saturated heterocycles. The smallest absolute Gasteiger partial charge is 0.407 e. The van der Waals surface area contributed by atoms with Crippen LogP contribution in [0.5, 0.6) is 5.75 Å². The van der Waals surface area contributed by atoms with Crippen LogP contribution in [0.1, 0.15) is 18.4 Å². The second-order valence-electron chi connectivity index (χ2n) is 6.00. The lowest BCUT2D eigenvalue weighted by atomic mass is 10.0. The number of amides is 1. The summed E-state index contributed by atoms with van der Waals surface area (Å²) in [5.74, 6) is 1.04. The van der Waals surface area contributed by atoms with Crippen molar-refractivity contribution in [2.75, 3.05) is 26.1 Å². The number of hydrogen-bond acceptors (Lipinski definition) is 5. The highest BCUT2D eigenvalue weighted by Gasteiger charge is 2.26. The van der Waals surface area contributed by atoms with Gasteiger partial charge < -0.3 is 25.2 Å². The molecule has 8 heteroatoms. The fourth-order valence-corrected chi connectivity index (χ4v) is 3.08. The lowest BCUT2D eigenvalue weighted by molar-refractivity contribution is 0.0331. The first-order valence-corrected chi connectivity index (χ1v) is 8.14. The maximum Gasteiger partial charge on any atom is 0.407 e. The van der Waals surface area contributed by atoms with Crippen LogP contribution in [0.4, 0.5) is 10.6 Å². The zero-order valence-corrected chi connectivity index (χ0v) is 14.1. The quantitative estimate of drug-likeness (QED) is 0.765. The Morgan fingerprint density at radius 1 is 1.44 bits per heavy atom. The predicted octanol–water partition coefficient (Wildman–Crippen LogP) is 2.33. The van der Waals surface area contributed by atoms with Gasteiger partial charge in [0.2, 0.25) is 0 Å². The molecule has 0 spiro atoms. The highest BCUT2D eigenvalue weighted by atomic mass is 16.5. The van der Waals surface area contributed by atoms with E-state index in [-0.39, 0.29) is 6.04 Å². The molecule has 1 aromatic carbocycles. The van der Waals surface area contributed by atoms with Crippen LogP contribution in [-0.2, 0) is 11.3 Å². The topological polar surface area (TPSA) is 114 Å². The third kappa shape index (κ3) is 3.85. The summed E-state index contributed by atoms with van der Waals surface area (Å²) in [5.41, 5.74) is 8.09. The molecule has 1 amide bonds. The number of carbonyl (C=O) groups is 1. The maximum absolute atomic E-state index is 11.7. The molecule has 1 aromatic heterocycles. The zero-order valence-electron chi connectivity index (χ0n) is 14.1. The van der Waals surface area contributed by atoms with E-state index in [1.165, 1.54) is 4.90 Å². The molecule has 0 atom stereocenters. The van der Waals surface area contributed by atoms with Crippen LogP contribution in [0.3, 0.4) is 0 Å². The van der Waals surface area contributed by atoms with E-state index >= 15 is 0 Å². The number of nitrogens with zero attached hydrogens (tertiary/aromatic N) is 2. The molecule has 134 valence electrons. The molecule has 0 saturated carbocycles. The molecule has 1 aliphatic rings. The molecular weight excluding hydrogens is 324 g/mol. The van der Waals surface area contributed by atoms with Crippen molar-refractivity contribution in [3.63, 3.8) is 0 Å². The van der Waals surface area contributed by atoms with Crippen molar-refractivity contribution >= 4 is 11.9 Å². The largest absolute Gasteiger partial charge is 0.496 e. The minimum absolute atomic E-state index is 0.0238. The number of nitrogens with one attached hydrogen (secondary N) is 1. The van der Waals surface area contributed by atoms with Crippen molar-refractivity contribution in [2.45, 2.75) is 25.4 Å². The van der Waals surface area contributed by atoms with Gasteiger partial charge in [-0.15, -0.1) is 0 Å². The van der Waals surface area contributed by atoms with Crippen LogP contribution in [0.25, 0.3) is 11.3 Å². The average Bonchev–Trinajstić information content (AvgIpc) is 3.06. The Morgan fingerprint density at radius 2 is 2.20 bits per heavy atom. The van der Waals surface area contributed by atoms with Crippen LogP contribution >= 0.6 is 0 Å². The summed E-state index contributed by atoms with van der Waals surface area (Å²) < 4.78 is 10.8. The third-order valence-electron chi connectivity index (χ3n) is 4.38. The van der Waals surface area contributed by atoms with E-state index in [4.69, 9.17) is 15.2 Å². The number of benzene rings is 1. The van der Waals surface area contributed by atoms with Gasteiger partial charge in [-0.25, -0.2) is 4.79 Å². The Labute approximate surface area is 145 Å². The molecule has 1 aliphatic heterocycles. The zero-order chi connectivity index (χ0) is 17.8. The molecule has 0 unspecified atom stereocenters. The van der Waals surface area contributed by atoms with Crippen molar-refractivity contribution in [2.24, 2.45) is 0 Å². The van der Waals surface area contributed by atoms with Crippen molar-refractivity contribution in [1.29, 1.82) is 0 Å². The fourth-order valence-electron chi connectivity index (χ4n) is 3.08. The molecule has 3 rings (SSSR count). The van der Waals surface area contributed by atoms with Crippen LogP contribution in [0.2, 0.25) is 0 Å². The number of rotatable bonds is 5. The summed E-state index contributed by atoms with van der Waals surface area (Å²) in [7, 11) is 1.58. The predicted molar refractivity (Wildman–Crippen MR) is 92.4 cm³/mol. The molecule has 2 aromatic rings. The van der Waals surface area contributed by atoms with Gasteiger partial charge in [0.15, 0.2) is 0 Å². The van der Waals surface area contributed by atoms with E-state index < -0.39 is 6.09 Å². The summed E-state index contributed by atoms with van der Waals surface area (Å²) in [5, 5.41) is 16.4. The molecule has 2 heterocycles. The number of anilines is 1. The van der Waals surface area contributed by atoms with Gasteiger partial charge >= 0.3 is 6.09 Å². The van der Waals surface area contributed by atoms with Crippen molar-refractivity contribution in [1.82, 2.24) is 15.1 Å². The standard InChI is InChI=1S/C17H22N4O4/c1-24-15-8-11(2-3-13(15)14-9-16(18)20-19-14)10-21(17(22)23)12-4-6-25-7-5-12/h2-3,8-9,12H,4-7,10H2,1H3,(H,22,23)(H3,18,19,20). The number of aromatic nitrogens is 2. The monoisotopic (exact) mass is 346 g/mol. The number of nitrogen functional groups attached to an aromatic ring is 1. The van der Waals surface area contributed by atoms with Gasteiger partial charge in [-0.1, -0.05) is 6.07 Å². The number of nitrogens with two attached hydrogens (primary N) is 1. The first-order valence-electron chi connectivity index (χ1n) is 8.14. The van der Waals surface area contributed by atoms with Gasteiger partial charge in [-0.3, -0.25) is 5.10 Å². The molecule has 1 fully saturated rings. The molecule has 0 bridgehead atoms.